The fourth-order valence-corrected chi connectivity index (χ4v) is 3.23. The molecule has 1 aromatic heterocycles. The molecule has 3 aromatic rings. The van der Waals surface area contributed by atoms with Crippen LogP contribution in [-0.4, -0.2) is 40.7 Å². The summed E-state index contributed by atoms with van der Waals surface area (Å²) in [6.45, 7) is 3.35. The number of halogens is 1. The Labute approximate surface area is 186 Å². The summed E-state index contributed by atoms with van der Waals surface area (Å²) in [5, 5.41) is 14.7. The van der Waals surface area contributed by atoms with Crippen LogP contribution in [0.4, 0.5) is 0 Å². The molecule has 1 heterocycles. The maximum Gasteiger partial charge on any atom is 0.335 e. The number of ether oxygens (including phenoxy) is 3. The number of methoxy groups -OCH3 is 2. The van der Waals surface area contributed by atoms with E-state index in [9.17, 15) is 9.90 Å². The summed E-state index contributed by atoms with van der Waals surface area (Å²) >= 11 is 6.44. The lowest BCUT2D eigenvalue weighted by atomic mass is 10.0. The lowest BCUT2D eigenvalue weighted by Gasteiger charge is -2.22. The summed E-state index contributed by atoms with van der Waals surface area (Å²) in [7, 11) is 3.17. The normalized spacial score (nSPS) is 12.9. The molecule has 0 saturated carbocycles. The fraction of sp³-hybridized carbons (Fsp3) is 0.304. The van der Waals surface area contributed by atoms with Crippen molar-refractivity contribution in [3.05, 3.63) is 59.2 Å². The van der Waals surface area contributed by atoms with Crippen molar-refractivity contribution in [3.8, 4) is 28.4 Å². The Morgan fingerprint density at radius 1 is 1.13 bits per heavy atom. The van der Waals surface area contributed by atoms with Crippen molar-refractivity contribution >= 4 is 17.6 Å². The maximum absolute atomic E-state index is 11.6. The Morgan fingerprint density at radius 3 is 2.32 bits per heavy atom. The summed E-state index contributed by atoms with van der Waals surface area (Å²) in [5.74, 6) is 0.241. The number of hydrogen-bond donors (Lipinski definition) is 1. The van der Waals surface area contributed by atoms with Gasteiger partial charge in [-0.1, -0.05) is 30.7 Å². The molecule has 0 unspecified atom stereocenters. The molecule has 0 amide bonds. The summed E-state index contributed by atoms with van der Waals surface area (Å²) < 4.78 is 18.2. The molecule has 0 aliphatic heterocycles. The van der Waals surface area contributed by atoms with Crippen molar-refractivity contribution < 1.29 is 24.1 Å². The van der Waals surface area contributed by atoms with Crippen LogP contribution in [0.2, 0.25) is 5.02 Å². The average Bonchev–Trinajstić information content (AvgIpc) is 3.21. The zero-order valence-electron chi connectivity index (χ0n) is 17.9. The van der Waals surface area contributed by atoms with Crippen LogP contribution >= 0.6 is 11.6 Å². The van der Waals surface area contributed by atoms with Gasteiger partial charge in [-0.3, -0.25) is 0 Å². The summed E-state index contributed by atoms with van der Waals surface area (Å²) in [4.78, 5) is 11.6. The monoisotopic (exact) mass is 444 g/mol. The Morgan fingerprint density at radius 2 is 1.77 bits per heavy atom. The Balaban J connectivity index is 2.10. The number of nitrogens with zero attached hydrogens (tertiary/aromatic N) is 2. The van der Waals surface area contributed by atoms with Gasteiger partial charge in [-0.2, -0.15) is 5.10 Å². The minimum Gasteiger partial charge on any atom is -0.497 e. The van der Waals surface area contributed by atoms with Crippen molar-refractivity contribution in [2.45, 2.75) is 32.5 Å². The molecule has 2 aromatic carbocycles. The highest BCUT2D eigenvalue weighted by molar-refractivity contribution is 6.32. The quantitative estimate of drug-likeness (QED) is 0.501. The molecule has 0 aliphatic rings. The van der Waals surface area contributed by atoms with Crippen LogP contribution in [-0.2, 0) is 16.1 Å². The molecule has 7 nitrogen and oxygen atoms in total. The van der Waals surface area contributed by atoms with Crippen molar-refractivity contribution in [2.24, 2.45) is 0 Å². The average molecular weight is 445 g/mol. The fourth-order valence-electron chi connectivity index (χ4n) is 3.02. The minimum atomic E-state index is -1.30. The summed E-state index contributed by atoms with van der Waals surface area (Å²) in [6, 6.07) is 14.7. The highest BCUT2D eigenvalue weighted by Gasteiger charge is 2.32. The van der Waals surface area contributed by atoms with Gasteiger partial charge in [-0.05, 0) is 43.7 Å². The van der Waals surface area contributed by atoms with Gasteiger partial charge >= 0.3 is 5.97 Å². The van der Waals surface area contributed by atoms with E-state index in [1.807, 2.05) is 36.4 Å². The number of benzene rings is 2. The number of rotatable bonds is 9. The van der Waals surface area contributed by atoms with Gasteiger partial charge in [0.25, 0.3) is 0 Å². The predicted octanol–water partition coefficient (Wildman–Crippen LogP) is 4.98. The predicted molar refractivity (Wildman–Crippen MR) is 118 cm³/mol. The Bertz CT molecular complexity index is 1060. The number of para-hydroxylation sites is 1. The lowest BCUT2D eigenvalue weighted by Crippen LogP contribution is -2.37. The smallest absolute Gasteiger partial charge is 0.335 e. The van der Waals surface area contributed by atoms with E-state index in [1.165, 1.54) is 0 Å². The number of carboxylic acid groups (broad SMARTS) is 1. The van der Waals surface area contributed by atoms with E-state index in [2.05, 4.69) is 5.10 Å². The molecule has 0 fully saturated rings. The van der Waals surface area contributed by atoms with Crippen molar-refractivity contribution in [3.63, 3.8) is 0 Å². The van der Waals surface area contributed by atoms with Crippen LogP contribution in [0.25, 0.3) is 16.9 Å². The molecular weight excluding hydrogens is 420 g/mol. The zero-order valence-corrected chi connectivity index (χ0v) is 18.6. The van der Waals surface area contributed by atoms with Gasteiger partial charge < -0.3 is 19.3 Å². The second-order valence-electron chi connectivity index (χ2n) is 7.16. The van der Waals surface area contributed by atoms with Gasteiger partial charge in [0, 0.05) is 11.6 Å². The molecule has 1 N–H and O–H groups in total. The number of carboxylic acids is 1. The third kappa shape index (κ3) is 4.84. The third-order valence-electron chi connectivity index (χ3n) is 5.15. The van der Waals surface area contributed by atoms with E-state index >= 15 is 0 Å². The van der Waals surface area contributed by atoms with Crippen LogP contribution in [0, 0.1) is 0 Å². The SMILES string of the molecule is CC[C@@](C)(OCc1cc(-c2cc(OC)cc(OC)c2)n(-c2ccccc2Cl)n1)C(=O)O. The second-order valence-corrected chi connectivity index (χ2v) is 7.57. The van der Waals surface area contributed by atoms with Crippen LogP contribution in [0.1, 0.15) is 26.0 Å². The zero-order chi connectivity index (χ0) is 22.6. The highest BCUT2D eigenvalue weighted by atomic mass is 35.5. The van der Waals surface area contributed by atoms with E-state index in [0.717, 1.165) is 11.3 Å². The Hall–Kier alpha value is -3.03. The first-order chi connectivity index (χ1) is 14.8. The third-order valence-corrected chi connectivity index (χ3v) is 5.47. The van der Waals surface area contributed by atoms with Gasteiger partial charge in [0.1, 0.15) is 11.5 Å². The van der Waals surface area contributed by atoms with Gasteiger partial charge in [0.15, 0.2) is 5.60 Å². The first-order valence-corrected chi connectivity index (χ1v) is 10.1. The molecule has 3 rings (SSSR count). The van der Waals surface area contributed by atoms with Crippen LogP contribution in [0.3, 0.4) is 0 Å². The van der Waals surface area contributed by atoms with E-state index < -0.39 is 11.6 Å². The highest BCUT2D eigenvalue weighted by Crippen LogP contribution is 2.33. The van der Waals surface area contributed by atoms with Crippen LogP contribution in [0.5, 0.6) is 11.5 Å². The van der Waals surface area contributed by atoms with Crippen molar-refractivity contribution in [1.29, 1.82) is 0 Å². The van der Waals surface area contributed by atoms with E-state index in [4.69, 9.17) is 25.8 Å². The van der Waals surface area contributed by atoms with Gasteiger partial charge in [-0.15, -0.1) is 0 Å². The van der Waals surface area contributed by atoms with Crippen LogP contribution in [0.15, 0.2) is 48.5 Å². The lowest BCUT2D eigenvalue weighted by molar-refractivity contribution is -0.165. The molecule has 1 atom stereocenters. The largest absolute Gasteiger partial charge is 0.497 e. The first kappa shape index (κ1) is 22.7. The van der Waals surface area contributed by atoms with E-state index in [1.54, 1.807) is 44.9 Å². The maximum atomic E-state index is 11.6. The number of aliphatic carboxylic acids is 1. The number of hydrogen-bond acceptors (Lipinski definition) is 5. The van der Waals surface area contributed by atoms with Crippen LogP contribution < -0.4 is 9.47 Å². The standard InChI is InChI=1S/C23H25ClN2O5/c1-5-23(2,22(27)28)31-14-16-12-21(15-10-17(29-3)13-18(11-15)30-4)26(25-16)20-9-7-6-8-19(20)24/h6-13H,5,14H2,1-4H3,(H,27,28)/t23-/m1/s1. The van der Waals surface area contributed by atoms with Crippen molar-refractivity contribution in [2.75, 3.05) is 14.2 Å². The van der Waals surface area contributed by atoms with E-state index in [-0.39, 0.29) is 6.61 Å². The molecule has 0 radical (unpaired) electrons. The second kappa shape index (κ2) is 9.41. The molecule has 31 heavy (non-hydrogen) atoms. The molecule has 0 bridgehead atoms. The van der Waals surface area contributed by atoms with Gasteiger partial charge in [-0.25, -0.2) is 9.48 Å². The first-order valence-electron chi connectivity index (χ1n) is 9.76. The molecule has 164 valence electrons. The van der Waals surface area contributed by atoms with E-state index in [0.29, 0.717) is 34.3 Å². The molecular formula is C23H25ClN2O5. The topological polar surface area (TPSA) is 82.8 Å². The Kier molecular flexibility index (Phi) is 6.87. The van der Waals surface area contributed by atoms with Crippen molar-refractivity contribution in [1.82, 2.24) is 9.78 Å². The minimum absolute atomic E-state index is 0.0300. The van der Waals surface area contributed by atoms with Gasteiger partial charge in [0.05, 0.1) is 42.9 Å². The summed E-state index contributed by atoms with van der Waals surface area (Å²) in [5.41, 5.74) is 1.48. The molecule has 0 aliphatic carbocycles. The number of carbonyl (C=O) groups is 1. The molecule has 0 saturated heterocycles. The molecule has 8 heteroatoms. The summed E-state index contributed by atoms with van der Waals surface area (Å²) in [6.07, 6.45) is 0.327. The van der Waals surface area contributed by atoms with Gasteiger partial charge in [0.2, 0.25) is 0 Å². The number of aromatic nitrogens is 2. The molecule has 0 spiro atoms.